The Labute approximate surface area is 192 Å². The van der Waals surface area contributed by atoms with Gasteiger partial charge in [0.1, 0.15) is 22.7 Å². The van der Waals surface area contributed by atoms with Crippen LogP contribution in [-0.2, 0) is 19.2 Å². The predicted octanol–water partition coefficient (Wildman–Crippen LogP) is 4.11. The van der Waals surface area contributed by atoms with Crippen LogP contribution in [0.3, 0.4) is 0 Å². The van der Waals surface area contributed by atoms with Gasteiger partial charge in [-0.25, -0.2) is 0 Å². The fourth-order valence-corrected chi connectivity index (χ4v) is 8.08. The molecule has 2 atom stereocenters. The summed E-state index contributed by atoms with van der Waals surface area (Å²) in [6.45, 7) is 19.9. The van der Waals surface area contributed by atoms with Crippen LogP contribution in [0.1, 0.15) is 27.7 Å². The van der Waals surface area contributed by atoms with E-state index in [9.17, 15) is 29.4 Å². The molecule has 0 aliphatic carbocycles. The van der Waals surface area contributed by atoms with Crippen LogP contribution in [0.15, 0.2) is 48.6 Å². The number of allylic oxidation sites excluding steroid dienone is 4. The molecule has 0 aliphatic rings. The average Bonchev–Trinajstić information content (AvgIpc) is 2.64. The van der Waals surface area contributed by atoms with Gasteiger partial charge >= 0.3 is 0 Å². The highest BCUT2D eigenvalue weighted by molar-refractivity contribution is 9.26. The third-order valence-corrected chi connectivity index (χ3v) is 10.1. The van der Waals surface area contributed by atoms with E-state index in [-0.39, 0.29) is 22.3 Å². The number of carbonyl (C=O) groups is 4. The first-order valence-electron chi connectivity index (χ1n) is 8.54. The maximum absolute atomic E-state index is 12.3. The summed E-state index contributed by atoms with van der Waals surface area (Å²) in [7, 11) is 3.64. The molecule has 6 nitrogen and oxygen atoms in total. The minimum atomic E-state index is -1.38. The van der Waals surface area contributed by atoms with Crippen molar-refractivity contribution in [3.05, 3.63) is 48.6 Å². The Balaban J connectivity index is 5.07. The molecule has 0 rings (SSSR count). The molecule has 166 valence electrons. The zero-order valence-electron chi connectivity index (χ0n) is 17.3. The number of hydrogen-bond acceptors (Lipinski definition) is 10. The zero-order chi connectivity index (χ0) is 23.8. The summed E-state index contributed by atoms with van der Waals surface area (Å²) < 4.78 is 0. The minimum absolute atomic E-state index is 0.135. The minimum Gasteiger partial charge on any atom is -0.380 e. The number of rotatable bonds is 15. The van der Waals surface area contributed by atoms with Gasteiger partial charge in [-0.15, -0.1) is 0 Å². The summed E-state index contributed by atoms with van der Waals surface area (Å²) in [5, 5.41) is 20.7. The highest BCUT2D eigenvalue weighted by Gasteiger charge is 2.36. The first-order valence-corrected chi connectivity index (χ1v) is 13.5. The van der Waals surface area contributed by atoms with Crippen LogP contribution in [0.25, 0.3) is 0 Å². The number of carbonyl (C=O) groups excluding carboxylic acids is 4. The molecule has 0 aromatic heterocycles. The largest absolute Gasteiger partial charge is 0.380 e. The van der Waals surface area contributed by atoms with Crippen molar-refractivity contribution in [1.29, 1.82) is 0 Å². The lowest BCUT2D eigenvalue weighted by Gasteiger charge is -2.21. The van der Waals surface area contributed by atoms with Gasteiger partial charge in [-0.05, 0) is 91.2 Å². The Morgan fingerprint density at radius 2 is 0.767 bits per heavy atom. The first-order chi connectivity index (χ1) is 13.7. The molecule has 0 amide bonds. The highest BCUT2D eigenvalue weighted by Crippen LogP contribution is 2.48. The quantitative estimate of drug-likeness (QED) is 0.114. The Morgan fingerprint density at radius 1 is 0.567 bits per heavy atom. The second-order valence-electron chi connectivity index (χ2n) is 6.64. The van der Waals surface area contributed by atoms with E-state index in [1.165, 1.54) is 27.7 Å². The SMILES string of the molecule is C=C(C)C(=O)C(C(=O)C(=C)C)C(O)SSSSC(O)C(C(=O)C(=C)C)C(=O)C(=C)C. The molecule has 0 fully saturated rings. The summed E-state index contributed by atoms with van der Waals surface area (Å²) in [4.78, 5) is 49.0. The van der Waals surface area contributed by atoms with Gasteiger partial charge in [0.15, 0.2) is 23.1 Å². The molecule has 2 unspecified atom stereocenters. The van der Waals surface area contributed by atoms with Crippen molar-refractivity contribution in [1.82, 2.24) is 0 Å². The van der Waals surface area contributed by atoms with Gasteiger partial charge in [0.25, 0.3) is 0 Å². The van der Waals surface area contributed by atoms with Crippen molar-refractivity contribution in [2.45, 2.75) is 38.6 Å². The van der Waals surface area contributed by atoms with E-state index in [0.717, 1.165) is 41.2 Å². The van der Waals surface area contributed by atoms with Crippen molar-refractivity contribution < 1.29 is 29.4 Å². The molecule has 0 aliphatic heterocycles. The van der Waals surface area contributed by atoms with Gasteiger partial charge in [0.05, 0.1) is 0 Å². The van der Waals surface area contributed by atoms with Gasteiger partial charge < -0.3 is 10.2 Å². The van der Waals surface area contributed by atoms with Crippen molar-refractivity contribution in [3.8, 4) is 0 Å². The molecule has 0 radical (unpaired) electrons. The molecule has 0 aromatic carbocycles. The summed E-state index contributed by atoms with van der Waals surface area (Å²) in [5.74, 6) is -5.01. The maximum atomic E-state index is 12.3. The summed E-state index contributed by atoms with van der Waals surface area (Å²) in [5.41, 5.74) is -2.21. The smallest absolute Gasteiger partial charge is 0.172 e. The number of hydrogen-bond donors (Lipinski definition) is 2. The van der Waals surface area contributed by atoms with E-state index in [1.54, 1.807) is 0 Å². The second-order valence-corrected chi connectivity index (χ2v) is 12.7. The van der Waals surface area contributed by atoms with Gasteiger partial charge in [-0.2, -0.15) is 0 Å². The normalized spacial score (nSPS) is 12.9. The molecule has 0 aromatic rings. The van der Waals surface area contributed by atoms with E-state index in [0.29, 0.717) is 0 Å². The zero-order valence-corrected chi connectivity index (χ0v) is 20.6. The maximum Gasteiger partial charge on any atom is 0.172 e. The number of aliphatic hydroxyl groups is 2. The lowest BCUT2D eigenvalue weighted by molar-refractivity contribution is -0.132. The standard InChI is InChI=1S/C20H26O6S4/c1-9(2)15(21)13(16(22)10(3)4)19(25)27-29-30-28-20(26)14(17(23)11(5)6)18(24)12(7)8/h13-14,19-20,25-26H,1,3,5,7H2,2,4,6,8H3. The Hall–Kier alpha value is -1.04. The molecule has 0 bridgehead atoms. The monoisotopic (exact) mass is 490 g/mol. The van der Waals surface area contributed by atoms with Crippen molar-refractivity contribution >= 4 is 64.4 Å². The van der Waals surface area contributed by atoms with Crippen LogP contribution in [0, 0.1) is 11.8 Å². The molecule has 0 spiro atoms. The Kier molecular flexibility index (Phi) is 12.9. The molecule has 0 heterocycles. The van der Waals surface area contributed by atoms with E-state index >= 15 is 0 Å². The van der Waals surface area contributed by atoms with Gasteiger partial charge in [0, 0.05) is 0 Å². The van der Waals surface area contributed by atoms with Crippen LogP contribution >= 0.6 is 41.2 Å². The second kappa shape index (κ2) is 13.4. The predicted molar refractivity (Wildman–Crippen MR) is 129 cm³/mol. The third-order valence-electron chi connectivity index (χ3n) is 3.69. The summed E-state index contributed by atoms with van der Waals surface area (Å²) in [6, 6.07) is 0. The number of aliphatic hydroxyl groups excluding tert-OH is 2. The van der Waals surface area contributed by atoms with Gasteiger partial charge in [-0.3, -0.25) is 19.2 Å². The van der Waals surface area contributed by atoms with Crippen molar-refractivity contribution in [3.63, 3.8) is 0 Å². The lowest BCUT2D eigenvalue weighted by atomic mass is 9.92. The number of ketones is 4. The average molecular weight is 491 g/mol. The topological polar surface area (TPSA) is 109 Å². The summed E-state index contributed by atoms with van der Waals surface area (Å²) in [6.07, 6.45) is 0. The van der Waals surface area contributed by atoms with Crippen molar-refractivity contribution in [2.75, 3.05) is 0 Å². The van der Waals surface area contributed by atoms with Gasteiger partial charge in [-0.1, -0.05) is 26.3 Å². The third kappa shape index (κ3) is 8.60. The molecule has 0 saturated heterocycles. The highest BCUT2D eigenvalue weighted by atomic mass is 33.7. The Bertz CT molecular complexity index is 657. The van der Waals surface area contributed by atoms with Crippen LogP contribution in [-0.4, -0.2) is 44.2 Å². The first kappa shape index (κ1) is 29.0. The molecule has 30 heavy (non-hydrogen) atoms. The fourth-order valence-electron chi connectivity index (χ4n) is 2.04. The van der Waals surface area contributed by atoms with Crippen LogP contribution in [0.2, 0.25) is 0 Å². The van der Waals surface area contributed by atoms with Gasteiger partial charge in [0.2, 0.25) is 0 Å². The number of Topliss-reactive ketones (excluding diaryl/α,β-unsaturated/α-hetero) is 4. The molecular formula is C20H26O6S4. The fraction of sp³-hybridized carbons (Fsp3) is 0.400. The molecule has 2 N–H and O–H groups in total. The van der Waals surface area contributed by atoms with Crippen LogP contribution in [0.4, 0.5) is 0 Å². The van der Waals surface area contributed by atoms with E-state index < -0.39 is 45.8 Å². The van der Waals surface area contributed by atoms with Crippen LogP contribution < -0.4 is 0 Å². The van der Waals surface area contributed by atoms with E-state index in [2.05, 4.69) is 26.3 Å². The van der Waals surface area contributed by atoms with Crippen molar-refractivity contribution in [2.24, 2.45) is 11.8 Å². The summed E-state index contributed by atoms with van der Waals surface area (Å²) >= 11 is 0. The lowest BCUT2D eigenvalue weighted by Crippen LogP contribution is -2.34. The molecule has 10 heteroatoms. The molecular weight excluding hydrogens is 464 g/mol. The van der Waals surface area contributed by atoms with Crippen LogP contribution in [0.5, 0.6) is 0 Å². The van der Waals surface area contributed by atoms with E-state index in [1.807, 2.05) is 0 Å². The Morgan fingerprint density at radius 3 is 0.933 bits per heavy atom. The molecule has 0 saturated carbocycles. The van der Waals surface area contributed by atoms with E-state index in [4.69, 9.17) is 0 Å².